The van der Waals surface area contributed by atoms with Crippen LogP contribution in [0.15, 0.2) is 42.5 Å². The Hall–Kier alpha value is -2.70. The van der Waals surface area contributed by atoms with Crippen molar-refractivity contribution >= 4 is 11.6 Å². The molecule has 0 amide bonds. The van der Waals surface area contributed by atoms with E-state index in [4.69, 9.17) is 18.9 Å². The van der Waals surface area contributed by atoms with Crippen molar-refractivity contribution in [3.8, 4) is 11.5 Å². The maximum atomic E-state index is 14.1. The highest BCUT2D eigenvalue weighted by Gasteiger charge is 2.50. The van der Waals surface area contributed by atoms with Crippen molar-refractivity contribution in [2.24, 2.45) is 11.3 Å². The second-order valence-electron chi connectivity index (χ2n) is 11.9. The van der Waals surface area contributed by atoms with Crippen LogP contribution in [0.3, 0.4) is 0 Å². The molecule has 2 aromatic carbocycles. The van der Waals surface area contributed by atoms with Crippen LogP contribution in [0, 0.1) is 11.3 Å². The number of carbonyl (C=O) groups is 2. The fourth-order valence-electron chi connectivity index (χ4n) is 6.32. The third-order valence-corrected chi connectivity index (χ3v) is 9.15. The van der Waals surface area contributed by atoms with Crippen LogP contribution in [0.2, 0.25) is 0 Å². The fraction of sp³-hybridized carbons (Fsp3) is 0.600. The summed E-state index contributed by atoms with van der Waals surface area (Å²) in [4.78, 5) is 26.8. The Bertz CT molecular complexity index is 1140. The van der Waals surface area contributed by atoms with Crippen molar-refractivity contribution < 1.29 is 28.5 Å². The molecule has 2 aromatic rings. The van der Waals surface area contributed by atoms with Gasteiger partial charge in [-0.25, -0.2) is 0 Å². The lowest BCUT2D eigenvalue weighted by Gasteiger charge is -2.45. The lowest BCUT2D eigenvalue weighted by molar-refractivity contribution is -0.149. The van der Waals surface area contributed by atoms with Crippen molar-refractivity contribution in [3.63, 3.8) is 0 Å². The first-order chi connectivity index (χ1) is 19.7. The first kappa shape index (κ1) is 31.2. The maximum absolute atomic E-state index is 14.1. The van der Waals surface area contributed by atoms with Crippen molar-refractivity contribution in [2.75, 3.05) is 26.9 Å². The number of ketones is 2. The van der Waals surface area contributed by atoms with E-state index in [-0.39, 0.29) is 42.0 Å². The Morgan fingerprint density at radius 1 is 0.951 bits per heavy atom. The van der Waals surface area contributed by atoms with Gasteiger partial charge in [-0.3, -0.25) is 9.59 Å². The largest absolute Gasteiger partial charge is 0.493 e. The molecule has 2 fully saturated rings. The SMILES string of the molecule is CCOc1cc([C@@H](C)C(CCO[C@H](C)c2ccccc2)C(=O)CC2(C(C)=O)CC(OC)C2)cc(OCC)c1C1CC1. The summed E-state index contributed by atoms with van der Waals surface area (Å²) in [5.74, 6) is 1.97. The van der Waals surface area contributed by atoms with Gasteiger partial charge in [-0.05, 0) is 94.9 Å². The molecule has 2 aliphatic rings. The van der Waals surface area contributed by atoms with Crippen LogP contribution in [-0.4, -0.2) is 44.6 Å². The van der Waals surface area contributed by atoms with Crippen molar-refractivity contribution in [1.82, 2.24) is 0 Å². The number of methoxy groups -OCH3 is 1. The zero-order chi connectivity index (χ0) is 29.6. The molecule has 2 aliphatic carbocycles. The monoisotopic (exact) mass is 564 g/mol. The summed E-state index contributed by atoms with van der Waals surface area (Å²) >= 11 is 0. The molecule has 0 radical (unpaired) electrons. The van der Waals surface area contributed by atoms with Gasteiger partial charge in [0.15, 0.2) is 0 Å². The molecule has 6 heteroatoms. The van der Waals surface area contributed by atoms with Gasteiger partial charge in [-0.2, -0.15) is 0 Å². The second kappa shape index (κ2) is 14.0. The number of benzene rings is 2. The summed E-state index contributed by atoms with van der Waals surface area (Å²) in [5.41, 5.74) is 2.66. The lowest BCUT2D eigenvalue weighted by atomic mass is 9.60. The van der Waals surface area contributed by atoms with Gasteiger partial charge in [0.1, 0.15) is 23.1 Å². The van der Waals surface area contributed by atoms with Crippen LogP contribution in [0.4, 0.5) is 0 Å². The molecule has 3 atom stereocenters. The Kier molecular flexibility index (Phi) is 10.6. The molecule has 0 aliphatic heterocycles. The minimum Gasteiger partial charge on any atom is -0.493 e. The van der Waals surface area contributed by atoms with E-state index in [0.717, 1.165) is 41.0 Å². The second-order valence-corrected chi connectivity index (χ2v) is 11.9. The number of carbonyl (C=O) groups excluding carboxylic acids is 2. The zero-order valence-corrected chi connectivity index (χ0v) is 25.7. The predicted octanol–water partition coefficient (Wildman–Crippen LogP) is 7.59. The van der Waals surface area contributed by atoms with Crippen LogP contribution in [-0.2, 0) is 19.1 Å². The van der Waals surface area contributed by atoms with Gasteiger partial charge in [-0.1, -0.05) is 37.3 Å². The van der Waals surface area contributed by atoms with Crippen molar-refractivity contribution in [3.05, 3.63) is 59.2 Å². The molecular formula is C35H48O6. The number of hydrogen-bond acceptors (Lipinski definition) is 6. The standard InChI is InChI=1S/C35H48O6/c1-7-39-32-18-28(19-33(40-8-2)34(32)27-14-15-27)23(3)30(16-17-41-24(4)26-12-10-9-11-13-26)31(37)22-35(25(5)36)20-29(21-35)38-6/h9-13,18-19,23-24,27,29-30H,7-8,14-17,20-22H2,1-6H3/t23-,24-,29?,30?,35?/m1/s1. The van der Waals surface area contributed by atoms with E-state index in [9.17, 15) is 9.59 Å². The van der Waals surface area contributed by atoms with Crippen LogP contribution in [0.1, 0.15) is 108 Å². The molecule has 4 rings (SSSR count). The Labute approximate surface area is 246 Å². The van der Waals surface area contributed by atoms with E-state index >= 15 is 0 Å². The zero-order valence-electron chi connectivity index (χ0n) is 25.7. The van der Waals surface area contributed by atoms with Gasteiger partial charge in [0.25, 0.3) is 0 Å². The molecule has 6 nitrogen and oxygen atoms in total. The summed E-state index contributed by atoms with van der Waals surface area (Å²) < 4.78 is 24.0. The quantitative estimate of drug-likeness (QED) is 0.197. The first-order valence-corrected chi connectivity index (χ1v) is 15.4. The van der Waals surface area contributed by atoms with Gasteiger partial charge < -0.3 is 18.9 Å². The van der Waals surface area contributed by atoms with Gasteiger partial charge in [-0.15, -0.1) is 0 Å². The van der Waals surface area contributed by atoms with E-state index in [1.54, 1.807) is 14.0 Å². The minimum atomic E-state index is -0.628. The van der Waals surface area contributed by atoms with E-state index in [0.29, 0.717) is 45.0 Å². The van der Waals surface area contributed by atoms with Crippen molar-refractivity contribution in [1.29, 1.82) is 0 Å². The van der Waals surface area contributed by atoms with Gasteiger partial charge >= 0.3 is 0 Å². The Balaban J connectivity index is 1.60. The third kappa shape index (κ3) is 7.39. The summed E-state index contributed by atoms with van der Waals surface area (Å²) in [6, 6.07) is 14.4. The molecule has 0 saturated heterocycles. The van der Waals surface area contributed by atoms with E-state index in [1.165, 1.54) is 0 Å². The smallest absolute Gasteiger partial charge is 0.137 e. The van der Waals surface area contributed by atoms with Crippen LogP contribution in [0.5, 0.6) is 11.5 Å². The molecule has 41 heavy (non-hydrogen) atoms. The van der Waals surface area contributed by atoms with Gasteiger partial charge in [0.05, 0.1) is 25.4 Å². The average molecular weight is 565 g/mol. The van der Waals surface area contributed by atoms with Crippen LogP contribution >= 0.6 is 0 Å². The maximum Gasteiger partial charge on any atom is 0.137 e. The van der Waals surface area contributed by atoms with Gasteiger partial charge in [0, 0.05) is 37.0 Å². The molecule has 0 bridgehead atoms. The predicted molar refractivity (Wildman–Crippen MR) is 161 cm³/mol. The van der Waals surface area contributed by atoms with E-state index < -0.39 is 5.41 Å². The summed E-state index contributed by atoms with van der Waals surface area (Å²) in [5, 5.41) is 0. The number of Topliss-reactive ketones (excluding diaryl/α,β-unsaturated/α-hetero) is 2. The van der Waals surface area contributed by atoms with Crippen LogP contribution < -0.4 is 9.47 Å². The van der Waals surface area contributed by atoms with Crippen molar-refractivity contribution in [2.45, 2.75) is 97.2 Å². The third-order valence-electron chi connectivity index (χ3n) is 9.15. The highest BCUT2D eigenvalue weighted by molar-refractivity contribution is 5.92. The van der Waals surface area contributed by atoms with E-state index in [2.05, 4.69) is 31.2 Å². The molecule has 224 valence electrons. The molecule has 0 heterocycles. The molecule has 1 unspecified atom stereocenters. The normalized spacial score (nSPS) is 22.3. The minimum absolute atomic E-state index is 0.0371. The number of ether oxygens (including phenoxy) is 4. The Morgan fingerprint density at radius 3 is 2.07 bits per heavy atom. The molecule has 0 N–H and O–H groups in total. The first-order valence-electron chi connectivity index (χ1n) is 15.4. The topological polar surface area (TPSA) is 71.1 Å². The lowest BCUT2D eigenvalue weighted by Crippen LogP contribution is -2.49. The summed E-state index contributed by atoms with van der Waals surface area (Å²) in [6.07, 6.45) is 4.26. The Morgan fingerprint density at radius 2 is 1.56 bits per heavy atom. The highest BCUT2D eigenvalue weighted by atomic mass is 16.5. The molecule has 2 saturated carbocycles. The van der Waals surface area contributed by atoms with Crippen LogP contribution in [0.25, 0.3) is 0 Å². The molecule has 0 aromatic heterocycles. The summed E-state index contributed by atoms with van der Waals surface area (Å²) in [6.45, 7) is 11.3. The molecule has 0 spiro atoms. The number of hydrogen-bond donors (Lipinski definition) is 0. The highest BCUT2D eigenvalue weighted by Crippen LogP contribution is 2.51. The summed E-state index contributed by atoms with van der Waals surface area (Å²) in [7, 11) is 1.67. The average Bonchev–Trinajstić information content (AvgIpc) is 3.78. The van der Waals surface area contributed by atoms with E-state index in [1.807, 2.05) is 39.0 Å². The molecular weight excluding hydrogens is 516 g/mol. The number of rotatable bonds is 17. The fourth-order valence-corrected chi connectivity index (χ4v) is 6.32. The van der Waals surface area contributed by atoms with Gasteiger partial charge in [0.2, 0.25) is 0 Å².